The third-order valence-electron chi connectivity index (χ3n) is 4.85. The summed E-state index contributed by atoms with van der Waals surface area (Å²) in [4.78, 5) is 0. The summed E-state index contributed by atoms with van der Waals surface area (Å²) in [7, 11) is 0. The lowest BCUT2D eigenvalue weighted by atomic mass is 9.93. The summed E-state index contributed by atoms with van der Waals surface area (Å²) in [5.74, 6) is 0. The van der Waals surface area contributed by atoms with Gasteiger partial charge in [-0.15, -0.1) is 0 Å². The van der Waals surface area contributed by atoms with Gasteiger partial charge in [-0.1, -0.05) is 86.7 Å². The number of unbranched alkanes of at least 4 members (excludes halogenated alkanes) is 1. The monoisotopic (exact) mass is 322 g/mol. The minimum Gasteiger partial charge on any atom is -0.0911 e. The lowest BCUT2D eigenvalue weighted by molar-refractivity contribution is 0.991. The maximum atomic E-state index is 4.34. The Labute approximate surface area is 148 Å². The molecule has 0 heterocycles. The first-order valence-electron chi connectivity index (χ1n) is 8.98. The van der Waals surface area contributed by atoms with E-state index in [0.717, 1.165) is 18.1 Å². The minimum atomic E-state index is 1.07. The molecule has 4 aromatic rings. The number of hydrogen-bond acceptors (Lipinski definition) is 0. The Bertz CT molecular complexity index is 1170. The van der Waals surface area contributed by atoms with Gasteiger partial charge in [0.1, 0.15) is 0 Å². The van der Waals surface area contributed by atoms with Crippen molar-refractivity contribution in [3.8, 4) is 11.1 Å². The molecule has 0 unspecified atom stereocenters. The molecule has 0 aliphatic rings. The molecule has 0 fully saturated rings. The smallest absolute Gasteiger partial charge is 0.00300 e. The lowest BCUT2D eigenvalue weighted by Gasteiger charge is -2.11. The molecule has 0 aromatic heterocycles. The number of hydrogen-bond donors (Lipinski definition) is 0. The zero-order valence-electron chi connectivity index (χ0n) is 14.6. The van der Waals surface area contributed by atoms with Crippen LogP contribution in [0.1, 0.15) is 19.8 Å². The molecular formula is C25H22. The van der Waals surface area contributed by atoms with Crippen molar-refractivity contribution in [1.29, 1.82) is 0 Å². The fourth-order valence-electron chi connectivity index (χ4n) is 3.60. The highest BCUT2D eigenvalue weighted by Crippen LogP contribution is 2.27. The summed E-state index contributed by atoms with van der Waals surface area (Å²) in [6.07, 6.45) is 4.56. The molecule has 0 N–H and O–H groups in total. The first-order valence-corrected chi connectivity index (χ1v) is 8.98. The highest BCUT2D eigenvalue weighted by atomic mass is 14.1. The molecule has 0 nitrogen and oxygen atoms in total. The van der Waals surface area contributed by atoms with Crippen LogP contribution in [0.15, 0.2) is 72.8 Å². The predicted molar refractivity (Wildman–Crippen MR) is 111 cm³/mol. The van der Waals surface area contributed by atoms with Crippen LogP contribution >= 0.6 is 0 Å². The molecule has 0 atom stereocenters. The first-order chi connectivity index (χ1) is 12.3. The van der Waals surface area contributed by atoms with Crippen LogP contribution in [-0.4, -0.2) is 0 Å². The van der Waals surface area contributed by atoms with Gasteiger partial charge in [0, 0.05) is 0 Å². The van der Waals surface area contributed by atoms with E-state index >= 15 is 0 Å². The highest BCUT2D eigenvalue weighted by molar-refractivity contribution is 5.99. The van der Waals surface area contributed by atoms with Crippen molar-refractivity contribution in [3.63, 3.8) is 0 Å². The van der Waals surface area contributed by atoms with Crippen molar-refractivity contribution in [2.45, 2.75) is 19.8 Å². The minimum absolute atomic E-state index is 1.07. The number of rotatable bonds is 3. The summed E-state index contributed by atoms with van der Waals surface area (Å²) in [5.41, 5.74) is 2.57. The van der Waals surface area contributed by atoms with Crippen LogP contribution in [0.4, 0.5) is 0 Å². The summed E-state index contributed by atoms with van der Waals surface area (Å²) >= 11 is 0. The van der Waals surface area contributed by atoms with E-state index in [-0.39, 0.29) is 0 Å². The van der Waals surface area contributed by atoms with Gasteiger partial charge in [-0.3, -0.25) is 0 Å². The average Bonchev–Trinajstić information content (AvgIpc) is 2.65. The van der Waals surface area contributed by atoms with Crippen LogP contribution in [0, 0.1) is 0 Å². The number of benzene rings is 4. The van der Waals surface area contributed by atoms with Gasteiger partial charge in [-0.05, 0) is 61.7 Å². The highest BCUT2D eigenvalue weighted by Gasteiger charge is 2.08. The van der Waals surface area contributed by atoms with Crippen molar-refractivity contribution in [2.75, 3.05) is 0 Å². The maximum Gasteiger partial charge on any atom is -0.00300 e. The van der Waals surface area contributed by atoms with E-state index in [4.69, 9.17) is 0 Å². The van der Waals surface area contributed by atoms with Gasteiger partial charge in [0.25, 0.3) is 0 Å². The molecule has 122 valence electrons. The molecule has 0 aliphatic carbocycles. The SMILES string of the molecule is C=c1cc2ccccc2c(-c2ccc3ccccc3c2)c1=CCCC. The number of fused-ring (bicyclic) bond motifs is 2. The van der Waals surface area contributed by atoms with E-state index in [2.05, 4.69) is 92.4 Å². The third-order valence-corrected chi connectivity index (χ3v) is 4.85. The fraction of sp³-hybridized carbons (Fsp3) is 0.120. The maximum absolute atomic E-state index is 4.34. The molecule has 0 aliphatic heterocycles. The first kappa shape index (κ1) is 15.7. The molecule has 4 aromatic carbocycles. The van der Waals surface area contributed by atoms with Crippen LogP contribution in [0.3, 0.4) is 0 Å². The Morgan fingerprint density at radius 3 is 2.32 bits per heavy atom. The topological polar surface area (TPSA) is 0 Å². The molecule has 0 saturated carbocycles. The van der Waals surface area contributed by atoms with Crippen LogP contribution < -0.4 is 10.4 Å². The Morgan fingerprint density at radius 1 is 0.800 bits per heavy atom. The van der Waals surface area contributed by atoms with Gasteiger partial charge in [-0.25, -0.2) is 0 Å². The van der Waals surface area contributed by atoms with Crippen molar-refractivity contribution < 1.29 is 0 Å². The normalized spacial score (nSPS) is 12.1. The largest absolute Gasteiger partial charge is 0.0911 e. The second-order valence-electron chi connectivity index (χ2n) is 6.60. The van der Waals surface area contributed by atoms with E-state index in [0.29, 0.717) is 0 Å². The average molecular weight is 322 g/mol. The van der Waals surface area contributed by atoms with Gasteiger partial charge in [0.2, 0.25) is 0 Å². The Balaban J connectivity index is 2.11. The van der Waals surface area contributed by atoms with Crippen molar-refractivity contribution in [3.05, 3.63) is 83.2 Å². The quantitative estimate of drug-likeness (QED) is 0.457. The Morgan fingerprint density at radius 2 is 1.52 bits per heavy atom. The van der Waals surface area contributed by atoms with E-state index < -0.39 is 0 Å². The summed E-state index contributed by atoms with van der Waals surface area (Å²) in [5, 5.41) is 7.49. The molecule has 0 saturated heterocycles. The summed E-state index contributed by atoms with van der Waals surface area (Å²) in [6.45, 7) is 6.56. The molecular weight excluding hydrogens is 300 g/mol. The second kappa shape index (κ2) is 6.57. The lowest BCUT2D eigenvalue weighted by Crippen LogP contribution is -2.25. The predicted octanol–water partition coefficient (Wildman–Crippen LogP) is 5.65. The van der Waals surface area contributed by atoms with E-state index in [1.807, 2.05) is 0 Å². The summed E-state index contributed by atoms with van der Waals surface area (Å²) in [6, 6.07) is 26.2. The van der Waals surface area contributed by atoms with Crippen LogP contribution in [0.2, 0.25) is 0 Å². The van der Waals surface area contributed by atoms with E-state index in [1.165, 1.54) is 37.9 Å². The van der Waals surface area contributed by atoms with Crippen LogP contribution in [-0.2, 0) is 0 Å². The molecule has 25 heavy (non-hydrogen) atoms. The van der Waals surface area contributed by atoms with E-state index in [1.54, 1.807) is 0 Å². The summed E-state index contributed by atoms with van der Waals surface area (Å²) < 4.78 is 0. The van der Waals surface area contributed by atoms with Gasteiger partial charge in [0.05, 0.1) is 0 Å². The molecule has 0 amide bonds. The Hall–Kier alpha value is -2.86. The second-order valence-corrected chi connectivity index (χ2v) is 6.60. The van der Waals surface area contributed by atoms with Gasteiger partial charge >= 0.3 is 0 Å². The van der Waals surface area contributed by atoms with Crippen molar-refractivity contribution in [1.82, 2.24) is 0 Å². The van der Waals surface area contributed by atoms with Crippen molar-refractivity contribution >= 4 is 34.2 Å². The van der Waals surface area contributed by atoms with Crippen LogP contribution in [0.25, 0.3) is 45.3 Å². The van der Waals surface area contributed by atoms with Crippen LogP contribution in [0.5, 0.6) is 0 Å². The molecule has 0 spiro atoms. The zero-order chi connectivity index (χ0) is 17.2. The zero-order valence-corrected chi connectivity index (χ0v) is 14.6. The fourth-order valence-corrected chi connectivity index (χ4v) is 3.60. The Kier molecular flexibility index (Phi) is 4.11. The van der Waals surface area contributed by atoms with Crippen molar-refractivity contribution in [2.24, 2.45) is 0 Å². The van der Waals surface area contributed by atoms with Gasteiger partial charge in [-0.2, -0.15) is 0 Å². The van der Waals surface area contributed by atoms with E-state index in [9.17, 15) is 0 Å². The molecule has 0 heteroatoms. The third kappa shape index (κ3) is 2.85. The molecule has 0 radical (unpaired) electrons. The van der Waals surface area contributed by atoms with Gasteiger partial charge in [0.15, 0.2) is 0 Å². The molecule has 4 rings (SSSR count). The molecule has 0 bridgehead atoms. The van der Waals surface area contributed by atoms with Gasteiger partial charge < -0.3 is 0 Å². The standard InChI is InChI=1S/C25H22/c1-3-4-12-23-18(2)16-21-11-7-8-13-24(21)25(23)22-15-14-19-9-5-6-10-20(19)17-22/h5-17H,2-4H2,1H3.